The summed E-state index contributed by atoms with van der Waals surface area (Å²) >= 11 is 7.49. The van der Waals surface area contributed by atoms with Gasteiger partial charge in [0, 0.05) is 17.3 Å². The number of thioether (sulfide) groups is 1. The van der Waals surface area contributed by atoms with Crippen LogP contribution >= 0.6 is 23.4 Å². The number of carbonyl (C=O) groups excluding carboxylic acids is 1. The summed E-state index contributed by atoms with van der Waals surface area (Å²) in [6.07, 6.45) is 1.75. The standard InChI is InChI=1S/C22H23ClN4O2S/c1-5-11-27-21(17-12-16(23)9-10-18(17)29-4)25-26-22(27)30-13-19(28)24-20-14(2)7-6-8-15(20)3/h5-10,12H,1,11,13H2,2-4H3,(H,24,28). The van der Waals surface area contributed by atoms with Crippen LogP contribution in [0.25, 0.3) is 11.4 Å². The SMILES string of the molecule is C=CCn1c(SCC(=O)Nc2c(C)cccc2C)nnc1-c1cc(Cl)ccc1OC. The summed E-state index contributed by atoms with van der Waals surface area (Å²) < 4.78 is 7.33. The monoisotopic (exact) mass is 442 g/mol. The molecule has 0 bridgehead atoms. The molecule has 0 radical (unpaired) electrons. The number of aryl methyl sites for hydroxylation is 2. The Labute approximate surface area is 185 Å². The number of benzene rings is 2. The molecule has 0 saturated heterocycles. The lowest BCUT2D eigenvalue weighted by atomic mass is 10.1. The number of hydrogen-bond acceptors (Lipinski definition) is 5. The highest BCUT2D eigenvalue weighted by atomic mass is 35.5. The van der Waals surface area contributed by atoms with Crippen LogP contribution < -0.4 is 10.1 Å². The Hall–Kier alpha value is -2.77. The number of para-hydroxylation sites is 1. The van der Waals surface area contributed by atoms with Crippen molar-refractivity contribution in [3.63, 3.8) is 0 Å². The largest absolute Gasteiger partial charge is 0.496 e. The number of anilines is 1. The molecule has 156 valence electrons. The molecule has 8 heteroatoms. The molecular weight excluding hydrogens is 420 g/mol. The summed E-state index contributed by atoms with van der Waals surface area (Å²) in [7, 11) is 1.59. The summed E-state index contributed by atoms with van der Waals surface area (Å²) in [4.78, 5) is 12.5. The Bertz CT molecular complexity index is 1060. The van der Waals surface area contributed by atoms with Crippen molar-refractivity contribution in [1.29, 1.82) is 0 Å². The van der Waals surface area contributed by atoms with Crippen LogP contribution in [0, 0.1) is 13.8 Å². The summed E-state index contributed by atoms with van der Waals surface area (Å²) in [5.74, 6) is 1.34. The second-order valence-corrected chi connectivity index (χ2v) is 8.03. The number of methoxy groups -OCH3 is 1. The van der Waals surface area contributed by atoms with Crippen LogP contribution in [0.4, 0.5) is 5.69 Å². The van der Waals surface area contributed by atoms with E-state index < -0.39 is 0 Å². The van der Waals surface area contributed by atoms with Gasteiger partial charge in [0.15, 0.2) is 11.0 Å². The number of rotatable bonds is 8. The van der Waals surface area contributed by atoms with E-state index in [2.05, 4.69) is 22.1 Å². The predicted molar refractivity (Wildman–Crippen MR) is 122 cm³/mol. The fourth-order valence-corrected chi connectivity index (χ4v) is 3.98. The molecule has 0 aliphatic heterocycles. The molecule has 1 amide bonds. The van der Waals surface area contributed by atoms with Gasteiger partial charge in [0.25, 0.3) is 0 Å². The van der Waals surface area contributed by atoms with Gasteiger partial charge in [0.2, 0.25) is 5.91 Å². The highest BCUT2D eigenvalue weighted by Crippen LogP contribution is 2.33. The summed E-state index contributed by atoms with van der Waals surface area (Å²) in [6, 6.07) is 11.2. The Balaban J connectivity index is 1.81. The van der Waals surface area contributed by atoms with Crippen molar-refractivity contribution in [1.82, 2.24) is 14.8 Å². The van der Waals surface area contributed by atoms with Gasteiger partial charge in [-0.3, -0.25) is 9.36 Å². The molecule has 0 saturated carbocycles. The van der Waals surface area contributed by atoms with E-state index in [4.69, 9.17) is 16.3 Å². The third-order valence-corrected chi connectivity index (χ3v) is 5.71. The Morgan fingerprint density at radius 1 is 1.27 bits per heavy atom. The smallest absolute Gasteiger partial charge is 0.234 e. The molecule has 3 rings (SSSR count). The number of ether oxygens (including phenoxy) is 1. The van der Waals surface area contributed by atoms with E-state index in [-0.39, 0.29) is 11.7 Å². The van der Waals surface area contributed by atoms with Gasteiger partial charge in [-0.2, -0.15) is 0 Å². The Morgan fingerprint density at radius 2 is 2.00 bits per heavy atom. The molecule has 3 aromatic rings. The lowest BCUT2D eigenvalue weighted by Crippen LogP contribution is -2.16. The molecule has 0 fully saturated rings. The quantitative estimate of drug-likeness (QED) is 0.386. The van der Waals surface area contributed by atoms with Gasteiger partial charge in [-0.05, 0) is 43.2 Å². The van der Waals surface area contributed by atoms with Crippen LogP contribution in [0.3, 0.4) is 0 Å². The van der Waals surface area contributed by atoms with Crippen LogP contribution in [-0.4, -0.2) is 33.5 Å². The number of carbonyl (C=O) groups is 1. The van der Waals surface area contributed by atoms with Crippen LogP contribution in [0.1, 0.15) is 11.1 Å². The van der Waals surface area contributed by atoms with Crippen molar-refractivity contribution < 1.29 is 9.53 Å². The number of nitrogens with one attached hydrogen (secondary N) is 1. The minimum absolute atomic E-state index is 0.104. The molecular formula is C22H23ClN4O2S. The molecule has 0 spiro atoms. The van der Waals surface area contributed by atoms with Gasteiger partial charge in [0.1, 0.15) is 5.75 Å². The van der Waals surface area contributed by atoms with Crippen molar-refractivity contribution in [3.05, 3.63) is 65.2 Å². The normalized spacial score (nSPS) is 10.7. The van der Waals surface area contributed by atoms with E-state index in [1.807, 2.05) is 36.6 Å². The molecule has 6 nitrogen and oxygen atoms in total. The molecule has 0 unspecified atom stereocenters. The van der Waals surface area contributed by atoms with Gasteiger partial charge >= 0.3 is 0 Å². The fraction of sp³-hybridized carbons (Fsp3) is 0.227. The van der Waals surface area contributed by atoms with Crippen molar-refractivity contribution in [2.45, 2.75) is 25.5 Å². The van der Waals surface area contributed by atoms with E-state index >= 15 is 0 Å². The predicted octanol–water partition coefficient (Wildman–Crippen LogP) is 5.14. The van der Waals surface area contributed by atoms with E-state index in [1.165, 1.54) is 11.8 Å². The van der Waals surface area contributed by atoms with Crippen molar-refractivity contribution in [2.24, 2.45) is 0 Å². The highest BCUT2D eigenvalue weighted by molar-refractivity contribution is 7.99. The number of aromatic nitrogens is 3. The van der Waals surface area contributed by atoms with Gasteiger partial charge in [-0.1, -0.05) is 47.6 Å². The maximum Gasteiger partial charge on any atom is 0.234 e. The lowest BCUT2D eigenvalue weighted by Gasteiger charge is -2.12. The number of amides is 1. The number of hydrogen-bond donors (Lipinski definition) is 1. The number of allylic oxidation sites excluding steroid dienone is 1. The Morgan fingerprint density at radius 3 is 2.67 bits per heavy atom. The molecule has 1 aromatic heterocycles. The van der Waals surface area contributed by atoms with Crippen molar-refractivity contribution in [2.75, 3.05) is 18.2 Å². The third-order valence-electron chi connectivity index (χ3n) is 4.51. The number of halogens is 1. The summed E-state index contributed by atoms with van der Waals surface area (Å²) in [6.45, 7) is 8.25. The molecule has 2 aromatic carbocycles. The van der Waals surface area contributed by atoms with Gasteiger partial charge < -0.3 is 10.1 Å². The minimum atomic E-state index is -0.104. The fourth-order valence-electron chi connectivity index (χ4n) is 3.06. The van der Waals surface area contributed by atoms with Crippen molar-refractivity contribution >= 4 is 35.0 Å². The first kappa shape index (κ1) is 21.9. The summed E-state index contributed by atoms with van der Waals surface area (Å²) in [5, 5.41) is 12.8. The third kappa shape index (κ3) is 4.86. The molecule has 1 N–H and O–H groups in total. The topological polar surface area (TPSA) is 69.0 Å². The molecule has 0 aliphatic rings. The zero-order valence-electron chi connectivity index (χ0n) is 17.1. The lowest BCUT2D eigenvalue weighted by molar-refractivity contribution is -0.113. The van der Waals surface area contributed by atoms with Crippen LogP contribution in [-0.2, 0) is 11.3 Å². The van der Waals surface area contributed by atoms with Crippen LogP contribution in [0.15, 0.2) is 54.2 Å². The van der Waals surface area contributed by atoms with E-state index in [9.17, 15) is 4.79 Å². The molecule has 1 heterocycles. The van der Waals surface area contributed by atoms with Crippen LogP contribution in [0.5, 0.6) is 5.75 Å². The van der Waals surface area contributed by atoms with E-state index in [1.54, 1.807) is 31.4 Å². The minimum Gasteiger partial charge on any atom is -0.496 e. The summed E-state index contributed by atoms with van der Waals surface area (Å²) in [5.41, 5.74) is 3.63. The first-order valence-electron chi connectivity index (χ1n) is 9.31. The van der Waals surface area contributed by atoms with E-state index in [0.717, 1.165) is 22.4 Å². The van der Waals surface area contributed by atoms with Gasteiger partial charge in [-0.15, -0.1) is 16.8 Å². The number of nitrogens with zero attached hydrogens (tertiary/aromatic N) is 3. The van der Waals surface area contributed by atoms with Gasteiger partial charge in [-0.25, -0.2) is 0 Å². The molecule has 30 heavy (non-hydrogen) atoms. The van der Waals surface area contributed by atoms with Crippen LogP contribution in [0.2, 0.25) is 5.02 Å². The van der Waals surface area contributed by atoms with Gasteiger partial charge in [0.05, 0.1) is 18.4 Å². The zero-order valence-corrected chi connectivity index (χ0v) is 18.7. The second-order valence-electron chi connectivity index (χ2n) is 6.65. The highest BCUT2D eigenvalue weighted by Gasteiger charge is 2.18. The maximum absolute atomic E-state index is 12.5. The first-order valence-corrected chi connectivity index (χ1v) is 10.7. The molecule has 0 atom stereocenters. The van der Waals surface area contributed by atoms with Crippen molar-refractivity contribution in [3.8, 4) is 17.1 Å². The maximum atomic E-state index is 12.5. The molecule has 0 aliphatic carbocycles. The van der Waals surface area contributed by atoms with E-state index in [0.29, 0.717) is 28.3 Å². The Kier molecular flexibility index (Phi) is 7.18. The average molecular weight is 443 g/mol. The average Bonchev–Trinajstić information content (AvgIpc) is 3.12. The second kappa shape index (κ2) is 9.82. The zero-order chi connectivity index (χ0) is 21.7. The first-order chi connectivity index (χ1) is 14.4.